The third-order valence-electron chi connectivity index (χ3n) is 4.25. The van der Waals surface area contributed by atoms with E-state index in [0.29, 0.717) is 5.52 Å². The Kier molecular flexibility index (Phi) is 4.39. The van der Waals surface area contributed by atoms with Crippen LogP contribution in [0.5, 0.6) is 5.75 Å². The van der Waals surface area contributed by atoms with E-state index in [4.69, 9.17) is 0 Å². The zero-order valence-electron chi connectivity index (χ0n) is 13.0. The predicted octanol–water partition coefficient (Wildman–Crippen LogP) is 3.48. The maximum Gasteiger partial charge on any atom is 0.186 e. The molecule has 3 aromatic rings. The number of phenolic OH excluding ortho intramolecular Hbond substituents is 1. The first-order valence-electron chi connectivity index (χ1n) is 7.85. The lowest BCUT2D eigenvalue weighted by molar-refractivity contribution is 0.247. The molecule has 1 saturated heterocycles. The molecule has 1 aliphatic rings. The second kappa shape index (κ2) is 6.66. The summed E-state index contributed by atoms with van der Waals surface area (Å²) in [6, 6.07) is 9.57. The SMILES string of the molecule is Oc1cccc2ccc(CN3CCN(c4nc(Br)cs4)CC3)nc12. The first-order valence-corrected chi connectivity index (χ1v) is 9.52. The summed E-state index contributed by atoms with van der Waals surface area (Å²) in [5.41, 5.74) is 1.68. The molecule has 0 atom stereocenters. The summed E-state index contributed by atoms with van der Waals surface area (Å²) >= 11 is 5.09. The highest BCUT2D eigenvalue weighted by atomic mass is 79.9. The van der Waals surface area contributed by atoms with Crippen LogP contribution in [0.1, 0.15) is 5.69 Å². The molecular weight excluding hydrogens is 388 g/mol. The number of para-hydroxylation sites is 1. The van der Waals surface area contributed by atoms with E-state index in [1.165, 1.54) is 0 Å². The van der Waals surface area contributed by atoms with Crippen LogP contribution in [-0.2, 0) is 6.54 Å². The summed E-state index contributed by atoms with van der Waals surface area (Å²) in [5, 5.41) is 14.0. The van der Waals surface area contributed by atoms with Crippen molar-refractivity contribution in [2.45, 2.75) is 6.54 Å². The third-order valence-corrected chi connectivity index (χ3v) is 5.86. The minimum absolute atomic E-state index is 0.244. The van der Waals surface area contributed by atoms with Crippen molar-refractivity contribution in [1.82, 2.24) is 14.9 Å². The number of rotatable bonds is 3. The Morgan fingerprint density at radius 3 is 2.67 bits per heavy atom. The first kappa shape index (κ1) is 15.8. The number of hydrogen-bond acceptors (Lipinski definition) is 6. The molecule has 24 heavy (non-hydrogen) atoms. The van der Waals surface area contributed by atoms with Crippen LogP contribution in [0.15, 0.2) is 40.3 Å². The van der Waals surface area contributed by atoms with Crippen LogP contribution in [0, 0.1) is 0 Å². The highest BCUT2D eigenvalue weighted by molar-refractivity contribution is 9.10. The van der Waals surface area contributed by atoms with Crippen LogP contribution in [0.2, 0.25) is 0 Å². The van der Waals surface area contributed by atoms with Gasteiger partial charge in [0.2, 0.25) is 0 Å². The molecule has 0 amide bonds. The normalized spacial score (nSPS) is 16.0. The van der Waals surface area contributed by atoms with Gasteiger partial charge in [0.05, 0.1) is 5.69 Å². The van der Waals surface area contributed by atoms with Crippen molar-refractivity contribution < 1.29 is 5.11 Å². The number of fused-ring (bicyclic) bond motifs is 1. The maximum atomic E-state index is 9.97. The van der Waals surface area contributed by atoms with Crippen molar-refractivity contribution in [1.29, 1.82) is 0 Å². The second-order valence-corrected chi connectivity index (χ2v) is 7.52. The minimum Gasteiger partial charge on any atom is -0.506 e. The average molecular weight is 405 g/mol. The Morgan fingerprint density at radius 1 is 1.08 bits per heavy atom. The van der Waals surface area contributed by atoms with Crippen molar-refractivity contribution in [3.05, 3.63) is 46.0 Å². The van der Waals surface area contributed by atoms with Gasteiger partial charge in [-0.05, 0) is 28.1 Å². The van der Waals surface area contributed by atoms with Crippen LogP contribution < -0.4 is 4.90 Å². The minimum atomic E-state index is 0.244. The topological polar surface area (TPSA) is 52.5 Å². The molecule has 124 valence electrons. The maximum absolute atomic E-state index is 9.97. The number of phenols is 1. The lowest BCUT2D eigenvalue weighted by Crippen LogP contribution is -2.46. The van der Waals surface area contributed by atoms with Gasteiger partial charge >= 0.3 is 0 Å². The number of pyridine rings is 1. The summed E-state index contributed by atoms with van der Waals surface area (Å²) in [4.78, 5) is 13.8. The summed E-state index contributed by atoms with van der Waals surface area (Å²) in [6.45, 7) is 4.71. The van der Waals surface area contributed by atoms with E-state index < -0.39 is 0 Å². The van der Waals surface area contributed by atoms with Crippen molar-refractivity contribution in [3.8, 4) is 5.75 Å². The van der Waals surface area contributed by atoms with Gasteiger partial charge in [0.25, 0.3) is 0 Å². The Morgan fingerprint density at radius 2 is 1.92 bits per heavy atom. The van der Waals surface area contributed by atoms with Gasteiger partial charge in [0, 0.05) is 43.5 Å². The highest BCUT2D eigenvalue weighted by Gasteiger charge is 2.19. The largest absolute Gasteiger partial charge is 0.506 e. The number of aromatic hydroxyl groups is 1. The molecule has 4 rings (SSSR count). The molecule has 1 fully saturated rings. The van der Waals surface area contributed by atoms with Gasteiger partial charge < -0.3 is 10.0 Å². The number of hydrogen-bond donors (Lipinski definition) is 1. The number of halogens is 1. The van der Waals surface area contributed by atoms with Crippen molar-refractivity contribution >= 4 is 43.3 Å². The first-order chi connectivity index (χ1) is 11.7. The molecule has 0 radical (unpaired) electrons. The Bertz CT molecular complexity index is 861. The number of benzene rings is 1. The van der Waals surface area contributed by atoms with E-state index in [1.54, 1.807) is 17.4 Å². The molecule has 0 saturated carbocycles. The number of nitrogens with zero attached hydrogens (tertiary/aromatic N) is 4. The molecule has 0 bridgehead atoms. The van der Waals surface area contributed by atoms with E-state index in [2.05, 4.69) is 35.7 Å². The lowest BCUT2D eigenvalue weighted by Gasteiger charge is -2.34. The van der Waals surface area contributed by atoms with Crippen LogP contribution in [-0.4, -0.2) is 46.2 Å². The van der Waals surface area contributed by atoms with Crippen LogP contribution >= 0.6 is 27.3 Å². The fourth-order valence-corrected chi connectivity index (χ4v) is 4.28. The monoisotopic (exact) mass is 404 g/mol. The molecule has 2 aromatic heterocycles. The molecular formula is C17H17BrN4OS. The Hall–Kier alpha value is -1.70. The average Bonchev–Trinajstić information content (AvgIpc) is 3.03. The van der Waals surface area contributed by atoms with Crippen molar-refractivity contribution in [2.75, 3.05) is 31.1 Å². The highest BCUT2D eigenvalue weighted by Crippen LogP contribution is 2.25. The van der Waals surface area contributed by atoms with Gasteiger partial charge in [-0.3, -0.25) is 4.90 Å². The van der Waals surface area contributed by atoms with Gasteiger partial charge in [0.15, 0.2) is 5.13 Å². The fraction of sp³-hybridized carbons (Fsp3) is 0.294. The van der Waals surface area contributed by atoms with E-state index >= 15 is 0 Å². The summed E-state index contributed by atoms with van der Waals surface area (Å²) in [5.74, 6) is 0.244. The number of thiazole rings is 1. The van der Waals surface area contributed by atoms with Crippen molar-refractivity contribution in [3.63, 3.8) is 0 Å². The molecule has 0 spiro atoms. The van der Waals surface area contributed by atoms with E-state index in [1.807, 2.05) is 29.6 Å². The van der Waals surface area contributed by atoms with Gasteiger partial charge in [-0.25, -0.2) is 9.97 Å². The molecule has 1 aromatic carbocycles. The number of aromatic nitrogens is 2. The van der Waals surface area contributed by atoms with Crippen LogP contribution in [0.25, 0.3) is 10.9 Å². The molecule has 7 heteroatoms. The van der Waals surface area contributed by atoms with Gasteiger partial charge in [-0.15, -0.1) is 11.3 Å². The zero-order chi connectivity index (χ0) is 16.5. The van der Waals surface area contributed by atoms with E-state index in [0.717, 1.165) is 53.5 Å². The third kappa shape index (κ3) is 3.24. The molecule has 0 unspecified atom stereocenters. The van der Waals surface area contributed by atoms with Gasteiger partial charge in [0.1, 0.15) is 15.9 Å². The summed E-state index contributed by atoms with van der Waals surface area (Å²) in [7, 11) is 0. The van der Waals surface area contributed by atoms with E-state index in [9.17, 15) is 5.11 Å². The predicted molar refractivity (Wildman–Crippen MR) is 101 cm³/mol. The Balaban J connectivity index is 1.43. The molecule has 5 nitrogen and oxygen atoms in total. The summed E-state index contributed by atoms with van der Waals surface area (Å²) < 4.78 is 0.908. The fourth-order valence-electron chi connectivity index (χ4n) is 2.98. The van der Waals surface area contributed by atoms with Crippen molar-refractivity contribution in [2.24, 2.45) is 0 Å². The van der Waals surface area contributed by atoms with Crippen LogP contribution in [0.3, 0.4) is 0 Å². The smallest absolute Gasteiger partial charge is 0.186 e. The van der Waals surface area contributed by atoms with Gasteiger partial charge in [-0.2, -0.15) is 0 Å². The number of piperazine rings is 1. The molecule has 0 aliphatic carbocycles. The van der Waals surface area contributed by atoms with E-state index in [-0.39, 0.29) is 5.75 Å². The molecule has 1 aliphatic heterocycles. The zero-order valence-corrected chi connectivity index (χ0v) is 15.4. The lowest BCUT2D eigenvalue weighted by atomic mass is 10.2. The molecule has 1 N–H and O–H groups in total. The standard InChI is InChI=1S/C17H17BrN4OS/c18-15-11-24-17(20-15)22-8-6-21(7-9-22)10-13-5-4-12-2-1-3-14(23)16(12)19-13/h1-5,11,23H,6-10H2. The second-order valence-electron chi connectivity index (χ2n) is 5.87. The van der Waals surface area contributed by atoms with Crippen LogP contribution in [0.4, 0.5) is 5.13 Å². The molecule has 3 heterocycles. The Labute approximate surface area is 152 Å². The van der Waals surface area contributed by atoms with Gasteiger partial charge in [-0.1, -0.05) is 18.2 Å². The quantitative estimate of drug-likeness (QED) is 0.723. The number of anilines is 1. The summed E-state index contributed by atoms with van der Waals surface area (Å²) in [6.07, 6.45) is 0.